The fourth-order valence-corrected chi connectivity index (χ4v) is 2.17. The third kappa shape index (κ3) is 5.42. The standard InChI is InChI=1S/C14H23N3O.HI/c1-2-8-15-14(17-10-3-4-11-17)16-9-7-13-6-5-12-18-13;/h5-6,12H,2-4,7-11H2,1H3,(H,15,16);1H. The number of furan rings is 1. The lowest BCUT2D eigenvalue weighted by molar-refractivity contribution is 0.480. The number of nitrogens with one attached hydrogen (secondary N) is 1. The Kier molecular flexibility index (Phi) is 7.93. The molecule has 0 aliphatic carbocycles. The van der Waals surface area contributed by atoms with Crippen molar-refractivity contribution in [3.8, 4) is 0 Å². The summed E-state index contributed by atoms with van der Waals surface area (Å²) in [5, 5.41) is 3.45. The maximum absolute atomic E-state index is 5.33. The van der Waals surface area contributed by atoms with Gasteiger partial charge in [-0.15, -0.1) is 24.0 Å². The fourth-order valence-electron chi connectivity index (χ4n) is 2.17. The van der Waals surface area contributed by atoms with Crippen LogP contribution in [0.25, 0.3) is 0 Å². The minimum Gasteiger partial charge on any atom is -0.469 e. The van der Waals surface area contributed by atoms with Crippen molar-refractivity contribution in [2.24, 2.45) is 4.99 Å². The number of guanidine groups is 1. The van der Waals surface area contributed by atoms with Crippen molar-refractivity contribution < 1.29 is 4.42 Å². The number of nitrogens with zero attached hydrogens (tertiary/aromatic N) is 2. The largest absolute Gasteiger partial charge is 0.469 e. The molecule has 2 heterocycles. The van der Waals surface area contributed by atoms with Crippen molar-refractivity contribution >= 4 is 29.9 Å². The summed E-state index contributed by atoms with van der Waals surface area (Å²) >= 11 is 0. The number of halogens is 1. The predicted molar refractivity (Wildman–Crippen MR) is 89.2 cm³/mol. The Bertz CT molecular complexity index is 359. The van der Waals surface area contributed by atoms with Gasteiger partial charge in [0.05, 0.1) is 6.26 Å². The van der Waals surface area contributed by atoms with Gasteiger partial charge in [-0.2, -0.15) is 0 Å². The quantitative estimate of drug-likeness (QED) is 0.488. The smallest absolute Gasteiger partial charge is 0.193 e. The monoisotopic (exact) mass is 377 g/mol. The summed E-state index contributed by atoms with van der Waals surface area (Å²) in [6.45, 7) is 6.21. The van der Waals surface area contributed by atoms with Gasteiger partial charge in [0.25, 0.3) is 0 Å². The Morgan fingerprint density at radius 1 is 1.42 bits per heavy atom. The zero-order valence-electron chi connectivity index (χ0n) is 11.6. The maximum Gasteiger partial charge on any atom is 0.193 e. The lowest BCUT2D eigenvalue weighted by Crippen LogP contribution is -2.40. The van der Waals surface area contributed by atoms with Crippen LogP contribution in [0.15, 0.2) is 27.8 Å². The molecule has 0 unspecified atom stereocenters. The molecule has 0 bridgehead atoms. The van der Waals surface area contributed by atoms with Crippen molar-refractivity contribution in [2.45, 2.75) is 32.6 Å². The molecular weight excluding hydrogens is 353 g/mol. The predicted octanol–water partition coefficient (Wildman–Crippen LogP) is 2.89. The van der Waals surface area contributed by atoms with Crippen LogP contribution < -0.4 is 5.32 Å². The Morgan fingerprint density at radius 2 is 2.21 bits per heavy atom. The summed E-state index contributed by atoms with van der Waals surface area (Å²) in [7, 11) is 0. The average Bonchev–Trinajstić information content (AvgIpc) is 3.05. The Hall–Kier alpha value is -0.720. The molecule has 1 aliphatic heterocycles. The van der Waals surface area contributed by atoms with Crippen molar-refractivity contribution in [3.05, 3.63) is 24.2 Å². The molecule has 1 aliphatic rings. The number of hydrogen-bond donors (Lipinski definition) is 1. The van der Waals surface area contributed by atoms with Crippen LogP contribution in [0, 0.1) is 0 Å². The molecule has 1 aromatic heterocycles. The van der Waals surface area contributed by atoms with Crippen LogP contribution in [0.1, 0.15) is 31.9 Å². The lowest BCUT2D eigenvalue weighted by Gasteiger charge is -2.21. The zero-order valence-corrected chi connectivity index (χ0v) is 13.9. The Morgan fingerprint density at radius 3 is 2.84 bits per heavy atom. The van der Waals surface area contributed by atoms with E-state index in [1.807, 2.05) is 12.1 Å². The second-order valence-electron chi connectivity index (χ2n) is 4.66. The lowest BCUT2D eigenvalue weighted by atomic mass is 10.3. The maximum atomic E-state index is 5.33. The molecule has 2 rings (SSSR count). The first-order valence-electron chi connectivity index (χ1n) is 6.96. The molecule has 1 saturated heterocycles. The summed E-state index contributed by atoms with van der Waals surface area (Å²) in [4.78, 5) is 7.00. The van der Waals surface area contributed by atoms with E-state index in [1.54, 1.807) is 6.26 Å². The van der Waals surface area contributed by atoms with Gasteiger partial charge in [0.1, 0.15) is 5.76 Å². The molecule has 0 atom stereocenters. The molecule has 1 fully saturated rings. The van der Waals surface area contributed by atoms with E-state index >= 15 is 0 Å². The summed E-state index contributed by atoms with van der Waals surface area (Å²) in [6.07, 6.45) is 6.29. The molecule has 0 radical (unpaired) electrons. The first-order valence-corrected chi connectivity index (χ1v) is 6.96. The van der Waals surface area contributed by atoms with Gasteiger partial charge in [0, 0.05) is 32.6 Å². The minimum absolute atomic E-state index is 0. The molecule has 5 heteroatoms. The molecule has 19 heavy (non-hydrogen) atoms. The summed E-state index contributed by atoms with van der Waals surface area (Å²) in [5.41, 5.74) is 0. The molecule has 1 N–H and O–H groups in total. The van der Waals surface area contributed by atoms with E-state index in [0.29, 0.717) is 0 Å². The van der Waals surface area contributed by atoms with Crippen LogP contribution in [-0.2, 0) is 6.42 Å². The van der Waals surface area contributed by atoms with Gasteiger partial charge >= 0.3 is 0 Å². The third-order valence-corrected chi connectivity index (χ3v) is 3.13. The third-order valence-electron chi connectivity index (χ3n) is 3.13. The second-order valence-corrected chi connectivity index (χ2v) is 4.66. The normalized spacial score (nSPS) is 15.4. The van der Waals surface area contributed by atoms with Crippen LogP contribution in [0.4, 0.5) is 0 Å². The van der Waals surface area contributed by atoms with Gasteiger partial charge < -0.3 is 14.6 Å². The van der Waals surface area contributed by atoms with Gasteiger partial charge in [0.15, 0.2) is 5.96 Å². The first-order chi connectivity index (χ1) is 8.90. The van der Waals surface area contributed by atoms with E-state index in [0.717, 1.165) is 50.7 Å². The average molecular weight is 377 g/mol. The van der Waals surface area contributed by atoms with Crippen LogP contribution in [0.5, 0.6) is 0 Å². The van der Waals surface area contributed by atoms with Crippen molar-refractivity contribution in [1.29, 1.82) is 0 Å². The topological polar surface area (TPSA) is 40.8 Å². The summed E-state index contributed by atoms with van der Waals surface area (Å²) < 4.78 is 5.33. The molecular formula is C14H24IN3O. The van der Waals surface area contributed by atoms with Gasteiger partial charge in [0.2, 0.25) is 0 Å². The van der Waals surface area contributed by atoms with Gasteiger partial charge in [-0.25, -0.2) is 0 Å². The SMILES string of the molecule is CCCN=C(NCCc1ccco1)N1CCCC1.I. The van der Waals surface area contributed by atoms with Gasteiger partial charge in [-0.3, -0.25) is 4.99 Å². The van der Waals surface area contributed by atoms with Gasteiger partial charge in [-0.1, -0.05) is 6.92 Å². The zero-order chi connectivity index (χ0) is 12.6. The molecule has 0 spiro atoms. The second kappa shape index (κ2) is 9.23. The van der Waals surface area contributed by atoms with Crippen LogP contribution in [0.3, 0.4) is 0 Å². The van der Waals surface area contributed by atoms with Crippen molar-refractivity contribution in [1.82, 2.24) is 10.2 Å². The van der Waals surface area contributed by atoms with E-state index in [4.69, 9.17) is 4.42 Å². The summed E-state index contributed by atoms with van der Waals surface area (Å²) in [5.74, 6) is 2.10. The highest BCUT2D eigenvalue weighted by atomic mass is 127. The molecule has 0 amide bonds. The Labute approximate surface area is 132 Å². The number of aliphatic imine (C=N–C) groups is 1. The van der Waals surface area contributed by atoms with E-state index in [2.05, 4.69) is 22.1 Å². The number of likely N-dealkylation sites (tertiary alicyclic amines) is 1. The van der Waals surface area contributed by atoms with E-state index in [-0.39, 0.29) is 24.0 Å². The van der Waals surface area contributed by atoms with Gasteiger partial charge in [-0.05, 0) is 31.4 Å². The molecule has 1 aromatic rings. The molecule has 4 nitrogen and oxygen atoms in total. The van der Waals surface area contributed by atoms with Crippen molar-refractivity contribution in [3.63, 3.8) is 0 Å². The van der Waals surface area contributed by atoms with E-state index < -0.39 is 0 Å². The summed E-state index contributed by atoms with van der Waals surface area (Å²) in [6, 6.07) is 3.95. The number of rotatable bonds is 5. The fraction of sp³-hybridized carbons (Fsp3) is 0.643. The molecule has 108 valence electrons. The highest BCUT2D eigenvalue weighted by Gasteiger charge is 2.15. The minimum atomic E-state index is 0. The highest BCUT2D eigenvalue weighted by molar-refractivity contribution is 14.0. The molecule has 0 saturated carbocycles. The molecule has 0 aromatic carbocycles. The Balaban J connectivity index is 0.00000180. The van der Waals surface area contributed by atoms with Crippen molar-refractivity contribution in [2.75, 3.05) is 26.2 Å². The van der Waals surface area contributed by atoms with Crippen LogP contribution >= 0.6 is 24.0 Å². The van der Waals surface area contributed by atoms with Crippen LogP contribution in [0.2, 0.25) is 0 Å². The highest BCUT2D eigenvalue weighted by Crippen LogP contribution is 2.07. The van der Waals surface area contributed by atoms with Crippen LogP contribution in [-0.4, -0.2) is 37.0 Å². The first kappa shape index (κ1) is 16.3. The van der Waals surface area contributed by atoms with E-state index in [9.17, 15) is 0 Å². The number of hydrogen-bond acceptors (Lipinski definition) is 2. The van der Waals surface area contributed by atoms with E-state index in [1.165, 1.54) is 12.8 Å².